The summed E-state index contributed by atoms with van der Waals surface area (Å²) in [6.07, 6.45) is 5.20. The summed E-state index contributed by atoms with van der Waals surface area (Å²) < 4.78 is 0. The van der Waals surface area contributed by atoms with Crippen molar-refractivity contribution in [3.8, 4) is 0 Å². The van der Waals surface area contributed by atoms with Crippen molar-refractivity contribution in [3.63, 3.8) is 0 Å². The number of carbonyl (C=O) groups is 1. The zero-order chi connectivity index (χ0) is 31.1. The van der Waals surface area contributed by atoms with Gasteiger partial charge in [-0.05, 0) is 99.6 Å². The van der Waals surface area contributed by atoms with Crippen molar-refractivity contribution in [2.45, 2.75) is 70.6 Å². The Balaban J connectivity index is 1.28. The van der Waals surface area contributed by atoms with Crippen LogP contribution in [0.4, 0.5) is 0 Å². The molecule has 3 aliphatic rings. The smallest absolute Gasteiger partial charge is 0.257 e. The van der Waals surface area contributed by atoms with Crippen molar-refractivity contribution in [1.82, 2.24) is 14.8 Å². The maximum Gasteiger partial charge on any atom is 0.257 e. The van der Waals surface area contributed by atoms with Crippen molar-refractivity contribution >= 4 is 40.9 Å². The van der Waals surface area contributed by atoms with Gasteiger partial charge in [0.25, 0.3) is 5.91 Å². The minimum Gasteiger partial charge on any atom is -0.291 e. The fourth-order valence-corrected chi connectivity index (χ4v) is 7.35. The summed E-state index contributed by atoms with van der Waals surface area (Å²) in [7, 11) is 0. The normalized spacial score (nSPS) is 24.3. The van der Waals surface area contributed by atoms with E-state index in [0.717, 1.165) is 60.8 Å². The van der Waals surface area contributed by atoms with Crippen LogP contribution in [0.25, 0.3) is 6.08 Å². The van der Waals surface area contributed by atoms with E-state index in [9.17, 15) is 4.79 Å². The largest absolute Gasteiger partial charge is 0.291 e. The summed E-state index contributed by atoms with van der Waals surface area (Å²) in [5, 5.41) is 8.35. The molecule has 6 rings (SSSR count). The maximum absolute atomic E-state index is 14.4. The molecule has 0 radical (unpaired) electrons. The lowest BCUT2D eigenvalue weighted by Gasteiger charge is -2.55. The minimum absolute atomic E-state index is 0.0399. The molecule has 0 bridgehead atoms. The van der Waals surface area contributed by atoms with Crippen LogP contribution in [-0.2, 0) is 11.3 Å². The highest BCUT2D eigenvalue weighted by Crippen LogP contribution is 2.45. The van der Waals surface area contributed by atoms with Gasteiger partial charge in [-0.1, -0.05) is 77.8 Å². The molecule has 1 saturated heterocycles. The topological polar surface area (TPSA) is 39.1 Å². The Kier molecular flexibility index (Phi) is 8.78. The predicted octanol–water partition coefficient (Wildman–Crippen LogP) is 8.49. The first-order valence-electron chi connectivity index (χ1n) is 15.7. The van der Waals surface area contributed by atoms with Gasteiger partial charge in [-0.25, -0.2) is 5.01 Å². The van der Waals surface area contributed by atoms with E-state index in [-0.39, 0.29) is 28.9 Å². The Morgan fingerprint density at radius 1 is 0.864 bits per heavy atom. The lowest BCUT2D eigenvalue weighted by molar-refractivity contribution is -0.140. The summed E-state index contributed by atoms with van der Waals surface area (Å²) in [6.45, 7) is 12.0. The maximum atomic E-state index is 14.4. The second-order valence-corrected chi connectivity index (χ2v) is 14.6. The average Bonchev–Trinajstić information content (AvgIpc) is 3.39. The number of piperazine rings is 1. The Hall–Kier alpha value is -2.96. The first-order chi connectivity index (χ1) is 21.0. The Morgan fingerprint density at radius 3 is 2.16 bits per heavy atom. The first-order valence-corrected chi connectivity index (χ1v) is 16.4. The van der Waals surface area contributed by atoms with Gasteiger partial charge in [0.05, 0.1) is 18.3 Å². The van der Waals surface area contributed by atoms with Gasteiger partial charge in [0.2, 0.25) is 0 Å². The fraction of sp³-hybridized carbons (Fsp3) is 0.405. The second-order valence-electron chi connectivity index (χ2n) is 13.8. The summed E-state index contributed by atoms with van der Waals surface area (Å²) in [5.41, 5.74) is 5.44. The molecule has 7 heteroatoms. The molecule has 2 fully saturated rings. The van der Waals surface area contributed by atoms with Crippen LogP contribution in [-0.4, -0.2) is 57.1 Å². The van der Waals surface area contributed by atoms with Gasteiger partial charge in [-0.15, -0.1) is 0 Å². The van der Waals surface area contributed by atoms with Crippen LogP contribution in [0.3, 0.4) is 0 Å². The van der Waals surface area contributed by atoms with Gasteiger partial charge in [-0.3, -0.25) is 14.6 Å². The molecule has 0 spiro atoms. The van der Waals surface area contributed by atoms with E-state index in [1.807, 2.05) is 36.4 Å². The Bertz CT molecular complexity index is 1550. The van der Waals surface area contributed by atoms with Crippen LogP contribution in [0.1, 0.15) is 69.7 Å². The number of benzene rings is 3. The number of allylic oxidation sites excluding steroid dienone is 1. The molecule has 5 nitrogen and oxygen atoms in total. The van der Waals surface area contributed by atoms with Crippen molar-refractivity contribution in [2.75, 3.05) is 19.6 Å². The molecule has 44 heavy (non-hydrogen) atoms. The number of fused-ring (bicyclic) bond motifs is 1. The summed E-state index contributed by atoms with van der Waals surface area (Å²) in [5.74, 6) is 0.178. The van der Waals surface area contributed by atoms with Gasteiger partial charge < -0.3 is 0 Å². The molecule has 0 N–H and O–H groups in total. The van der Waals surface area contributed by atoms with Crippen molar-refractivity contribution in [3.05, 3.63) is 111 Å². The molecule has 1 amide bonds. The summed E-state index contributed by atoms with van der Waals surface area (Å²) >= 11 is 12.4. The minimum atomic E-state index is -0.186. The van der Waals surface area contributed by atoms with E-state index in [1.54, 1.807) is 5.01 Å². The van der Waals surface area contributed by atoms with Crippen LogP contribution in [0.15, 0.2) is 89.5 Å². The fourth-order valence-electron chi connectivity index (χ4n) is 7.10. The molecular formula is C37H42Cl2N4O. The zero-order valence-corrected chi connectivity index (χ0v) is 27.7. The quantitative estimate of drug-likeness (QED) is 0.275. The molecule has 1 aliphatic carbocycles. The number of hydrazone groups is 1. The van der Waals surface area contributed by atoms with Crippen LogP contribution >= 0.6 is 23.2 Å². The van der Waals surface area contributed by atoms with Gasteiger partial charge in [0.15, 0.2) is 0 Å². The molecular weight excluding hydrogens is 587 g/mol. The van der Waals surface area contributed by atoms with Gasteiger partial charge in [0, 0.05) is 46.7 Å². The van der Waals surface area contributed by atoms with Crippen molar-refractivity contribution < 1.29 is 4.79 Å². The molecule has 2 unspecified atom stereocenters. The highest BCUT2D eigenvalue weighted by atomic mass is 35.5. The summed E-state index contributed by atoms with van der Waals surface area (Å²) in [6, 6.07) is 26.4. The molecule has 0 aromatic heterocycles. The molecule has 1 saturated carbocycles. The number of nitrogens with zero attached hydrogens (tertiary/aromatic N) is 4. The predicted molar refractivity (Wildman–Crippen MR) is 182 cm³/mol. The molecule has 3 aromatic rings. The number of carbonyl (C=O) groups excluding carboxylic acids is 1. The van der Waals surface area contributed by atoms with Crippen LogP contribution in [0.5, 0.6) is 0 Å². The van der Waals surface area contributed by atoms with Gasteiger partial charge in [0.1, 0.15) is 0 Å². The lowest BCUT2D eigenvalue weighted by atomic mass is 9.77. The van der Waals surface area contributed by atoms with E-state index in [4.69, 9.17) is 28.3 Å². The number of halogens is 2. The monoisotopic (exact) mass is 628 g/mol. The van der Waals surface area contributed by atoms with E-state index >= 15 is 0 Å². The average molecular weight is 630 g/mol. The van der Waals surface area contributed by atoms with Crippen molar-refractivity contribution in [2.24, 2.45) is 11.0 Å². The van der Waals surface area contributed by atoms with Gasteiger partial charge >= 0.3 is 0 Å². The first kappa shape index (κ1) is 31.0. The number of rotatable bonds is 6. The standard InChI is InChI=1S/C37H42Cl2N4O/c1-36(2)25-42(37(3,4)24-41(36)22-27-9-6-5-7-10-27)23-33(44)43-35(28-15-19-31(39)20-16-28)32-12-8-11-29(34(32)40-43)21-26-13-17-30(38)18-14-26/h5-7,9-10,13-21,32,35H,8,11-12,22-25H2,1-4H3/b29-21-. The van der Waals surface area contributed by atoms with Crippen molar-refractivity contribution in [1.29, 1.82) is 0 Å². The number of hydrogen-bond donors (Lipinski definition) is 0. The highest BCUT2D eigenvalue weighted by Gasteiger charge is 2.47. The third-order valence-electron chi connectivity index (χ3n) is 9.59. The van der Waals surface area contributed by atoms with Crippen LogP contribution in [0, 0.1) is 5.92 Å². The van der Waals surface area contributed by atoms with Crippen LogP contribution in [0.2, 0.25) is 10.0 Å². The molecule has 230 valence electrons. The SMILES string of the molecule is CC1(C)CN(Cc2ccccc2)C(C)(C)CN1CC(=O)N1N=C2/C(=C\c3ccc(Cl)cc3)CCCC2C1c1ccc(Cl)cc1. The van der Waals surface area contributed by atoms with E-state index < -0.39 is 0 Å². The highest BCUT2D eigenvalue weighted by molar-refractivity contribution is 6.30. The van der Waals surface area contributed by atoms with E-state index in [2.05, 4.69) is 86.0 Å². The Labute approximate surface area is 272 Å². The third-order valence-corrected chi connectivity index (χ3v) is 10.1. The van der Waals surface area contributed by atoms with E-state index in [0.29, 0.717) is 11.6 Å². The number of hydrogen-bond acceptors (Lipinski definition) is 4. The third kappa shape index (κ3) is 6.53. The molecule has 2 heterocycles. The van der Waals surface area contributed by atoms with Gasteiger partial charge in [-0.2, -0.15) is 5.10 Å². The Morgan fingerprint density at radius 2 is 1.48 bits per heavy atom. The molecule has 3 aromatic carbocycles. The number of amides is 1. The van der Waals surface area contributed by atoms with Crippen LogP contribution < -0.4 is 0 Å². The summed E-state index contributed by atoms with van der Waals surface area (Å²) in [4.78, 5) is 19.3. The lowest BCUT2D eigenvalue weighted by Crippen LogP contribution is -2.68. The second kappa shape index (κ2) is 12.4. The molecule has 2 aliphatic heterocycles. The van der Waals surface area contributed by atoms with E-state index in [1.165, 1.54) is 11.1 Å². The zero-order valence-electron chi connectivity index (χ0n) is 26.1. The molecule has 2 atom stereocenters.